The molecule has 3 aromatic rings. The van der Waals surface area contributed by atoms with Crippen molar-refractivity contribution in [3.05, 3.63) is 64.8 Å². The number of nitrogens with one attached hydrogen (secondary N) is 1. The van der Waals surface area contributed by atoms with Crippen molar-refractivity contribution < 1.29 is 19.4 Å². The van der Waals surface area contributed by atoms with Gasteiger partial charge in [-0.1, -0.05) is 12.1 Å². The van der Waals surface area contributed by atoms with Gasteiger partial charge in [-0.05, 0) is 61.6 Å². The highest BCUT2D eigenvalue weighted by Crippen LogP contribution is 2.47. The Labute approximate surface area is 199 Å². The number of aryl methyl sites for hydroxylation is 1. The van der Waals surface area contributed by atoms with E-state index in [0.717, 1.165) is 59.2 Å². The molecule has 0 radical (unpaired) electrons. The summed E-state index contributed by atoms with van der Waals surface area (Å²) in [6.07, 6.45) is 4.53. The molecule has 2 saturated heterocycles. The zero-order chi connectivity index (χ0) is 24.0. The first-order valence-electron chi connectivity index (χ1n) is 11.8. The lowest BCUT2D eigenvalue weighted by molar-refractivity contribution is -0.140. The van der Waals surface area contributed by atoms with Crippen LogP contribution in [0.4, 0.5) is 0 Å². The molecule has 0 unspecified atom stereocenters. The summed E-state index contributed by atoms with van der Waals surface area (Å²) in [6.45, 7) is 5.99. The van der Waals surface area contributed by atoms with Crippen LogP contribution in [0.25, 0.3) is 10.9 Å². The molecule has 2 aliphatic heterocycles. The van der Waals surface area contributed by atoms with E-state index < -0.39 is 5.97 Å². The topological polar surface area (TPSA) is 85.9 Å². The summed E-state index contributed by atoms with van der Waals surface area (Å²) in [7, 11) is 1.72. The summed E-state index contributed by atoms with van der Waals surface area (Å²) in [5, 5.41) is 10.6. The number of fused-ring (bicyclic) bond motifs is 3. The number of hydrogen-bond donors (Lipinski definition) is 2. The highest BCUT2D eigenvalue weighted by atomic mass is 16.5. The van der Waals surface area contributed by atoms with Gasteiger partial charge < -0.3 is 19.7 Å². The molecule has 34 heavy (non-hydrogen) atoms. The van der Waals surface area contributed by atoms with Crippen molar-refractivity contribution in [3.63, 3.8) is 0 Å². The van der Waals surface area contributed by atoms with Crippen molar-refractivity contribution in [1.29, 1.82) is 0 Å². The van der Waals surface area contributed by atoms with Crippen LogP contribution in [0.3, 0.4) is 0 Å². The van der Waals surface area contributed by atoms with Crippen molar-refractivity contribution in [2.45, 2.75) is 51.2 Å². The highest BCUT2D eigenvalue weighted by molar-refractivity contribution is 5.88. The van der Waals surface area contributed by atoms with E-state index in [4.69, 9.17) is 4.74 Å². The van der Waals surface area contributed by atoms with Gasteiger partial charge in [-0.2, -0.15) is 0 Å². The Balaban J connectivity index is 1.58. The Bertz CT molecular complexity index is 1250. The van der Waals surface area contributed by atoms with Crippen molar-refractivity contribution in [3.8, 4) is 5.75 Å². The molecule has 2 bridgehead atoms. The third-order valence-corrected chi connectivity index (χ3v) is 7.87. The molecule has 2 fully saturated rings. The van der Waals surface area contributed by atoms with Gasteiger partial charge in [0.1, 0.15) is 5.75 Å². The fourth-order valence-electron chi connectivity index (χ4n) is 6.14. The zero-order valence-corrected chi connectivity index (χ0v) is 19.9. The lowest BCUT2D eigenvalue weighted by Gasteiger charge is -2.56. The van der Waals surface area contributed by atoms with Gasteiger partial charge in [0, 0.05) is 55.3 Å². The Morgan fingerprint density at radius 1 is 1.21 bits per heavy atom. The van der Waals surface area contributed by atoms with Gasteiger partial charge in [0.25, 0.3) is 0 Å². The molecule has 2 aromatic carbocycles. The van der Waals surface area contributed by atoms with Crippen molar-refractivity contribution in [2.24, 2.45) is 0 Å². The van der Waals surface area contributed by atoms with E-state index in [9.17, 15) is 14.7 Å². The summed E-state index contributed by atoms with van der Waals surface area (Å²) in [5.41, 5.74) is 4.55. The summed E-state index contributed by atoms with van der Waals surface area (Å²) in [6, 6.07) is 11.7. The third kappa shape index (κ3) is 3.55. The first-order chi connectivity index (χ1) is 16.3. The van der Waals surface area contributed by atoms with Crippen LogP contribution in [0.5, 0.6) is 5.75 Å². The van der Waals surface area contributed by atoms with E-state index in [0.29, 0.717) is 13.1 Å². The number of carboxylic acid groups (broad SMARTS) is 1. The Morgan fingerprint density at radius 3 is 2.65 bits per heavy atom. The highest BCUT2D eigenvalue weighted by Gasteiger charge is 2.49. The van der Waals surface area contributed by atoms with Crippen LogP contribution in [0.2, 0.25) is 0 Å². The van der Waals surface area contributed by atoms with E-state index in [-0.39, 0.29) is 23.1 Å². The number of likely N-dealkylation sites (tertiary alicyclic amines) is 2. The number of carbonyl (C=O) groups excluding carboxylic acids is 1. The predicted octanol–water partition coefficient (Wildman–Crippen LogP) is 4.30. The quantitative estimate of drug-likeness (QED) is 0.592. The number of hydrogen-bond acceptors (Lipinski definition) is 4. The van der Waals surface area contributed by atoms with Gasteiger partial charge in [0.15, 0.2) is 0 Å². The summed E-state index contributed by atoms with van der Waals surface area (Å²) < 4.78 is 5.82. The van der Waals surface area contributed by atoms with E-state index in [1.54, 1.807) is 26.2 Å². The normalized spacial score (nSPS) is 22.7. The molecule has 5 rings (SSSR count). The van der Waals surface area contributed by atoms with E-state index >= 15 is 0 Å². The minimum absolute atomic E-state index is 0.127. The van der Waals surface area contributed by atoms with Gasteiger partial charge in [-0.25, -0.2) is 4.79 Å². The van der Waals surface area contributed by atoms with Crippen molar-refractivity contribution >= 4 is 22.8 Å². The molecule has 3 heterocycles. The van der Waals surface area contributed by atoms with Crippen LogP contribution in [0, 0.1) is 6.92 Å². The van der Waals surface area contributed by atoms with Crippen LogP contribution >= 0.6 is 0 Å². The Kier molecular flexibility index (Phi) is 5.60. The molecular formula is C27H31N3O4. The van der Waals surface area contributed by atoms with E-state index in [2.05, 4.69) is 28.9 Å². The number of nitrogens with zero attached hydrogens (tertiary/aromatic N) is 2. The second kappa shape index (κ2) is 8.47. The molecule has 178 valence electrons. The minimum Gasteiger partial charge on any atom is -0.496 e. The molecule has 1 amide bonds. The number of ether oxygens (including phenoxy) is 1. The summed E-state index contributed by atoms with van der Waals surface area (Å²) >= 11 is 0. The van der Waals surface area contributed by atoms with Gasteiger partial charge in [-0.3, -0.25) is 9.69 Å². The Morgan fingerprint density at radius 2 is 1.97 bits per heavy atom. The second-order valence-corrected chi connectivity index (χ2v) is 9.59. The van der Waals surface area contributed by atoms with Gasteiger partial charge >= 0.3 is 5.97 Å². The standard InChI is InChI=1S/C27H31N3O4/c1-17-14-24(34-3)23(22-8-11-28-25(17)22)16-29-12-9-21-15-27(29,10-13-30(21)18(2)31)20-6-4-19(5-7-20)26(32)33/h4-8,11,14,21,28H,9-10,12-13,15-16H2,1-3H3,(H,32,33)/t21-,27-/m0/s1. The molecule has 0 saturated carbocycles. The predicted molar refractivity (Wildman–Crippen MR) is 130 cm³/mol. The molecule has 7 heteroatoms. The number of carboxylic acids is 1. The maximum Gasteiger partial charge on any atom is 0.335 e. The number of amides is 1. The largest absolute Gasteiger partial charge is 0.496 e. The summed E-state index contributed by atoms with van der Waals surface area (Å²) in [5.74, 6) is 0.0832. The van der Waals surface area contributed by atoms with Crippen LogP contribution in [-0.2, 0) is 16.9 Å². The molecule has 2 atom stereocenters. The number of aromatic nitrogens is 1. The van der Waals surface area contributed by atoms with Gasteiger partial charge in [0.05, 0.1) is 18.2 Å². The molecule has 2 N–H and O–H groups in total. The van der Waals surface area contributed by atoms with E-state index in [1.165, 1.54) is 0 Å². The Hall–Kier alpha value is -3.32. The number of rotatable bonds is 5. The maximum absolute atomic E-state index is 12.3. The number of H-pyrrole nitrogens is 1. The van der Waals surface area contributed by atoms with Crippen molar-refractivity contribution in [2.75, 3.05) is 20.2 Å². The fourth-order valence-corrected chi connectivity index (χ4v) is 6.14. The first kappa shape index (κ1) is 22.5. The van der Waals surface area contributed by atoms with Crippen LogP contribution in [0.1, 0.15) is 53.2 Å². The average Bonchev–Trinajstić information content (AvgIpc) is 3.33. The molecule has 0 spiro atoms. The number of aromatic carboxylic acids is 1. The lowest BCUT2D eigenvalue weighted by atomic mass is 9.72. The van der Waals surface area contributed by atoms with Crippen LogP contribution < -0.4 is 4.74 Å². The third-order valence-electron chi connectivity index (χ3n) is 7.87. The monoisotopic (exact) mass is 461 g/mol. The number of aromatic amines is 1. The number of methoxy groups -OCH3 is 1. The number of benzene rings is 2. The molecule has 0 aliphatic carbocycles. The summed E-state index contributed by atoms with van der Waals surface area (Å²) in [4.78, 5) is 31.6. The molecular weight excluding hydrogens is 430 g/mol. The molecule has 7 nitrogen and oxygen atoms in total. The SMILES string of the molecule is COc1cc(C)c2[nH]ccc2c1CN1CC[C@H]2C[C@]1(c1ccc(C(=O)O)cc1)CCN2C(C)=O. The molecule has 1 aromatic heterocycles. The van der Waals surface area contributed by atoms with Crippen LogP contribution in [0.15, 0.2) is 42.6 Å². The minimum atomic E-state index is -0.923. The smallest absolute Gasteiger partial charge is 0.335 e. The number of piperidine rings is 2. The average molecular weight is 462 g/mol. The van der Waals surface area contributed by atoms with Gasteiger partial charge in [0.2, 0.25) is 5.91 Å². The lowest BCUT2D eigenvalue weighted by Crippen LogP contribution is -2.62. The molecule has 2 aliphatic rings. The van der Waals surface area contributed by atoms with Gasteiger partial charge in [-0.15, -0.1) is 0 Å². The number of carbonyl (C=O) groups is 2. The van der Waals surface area contributed by atoms with E-state index in [1.807, 2.05) is 23.2 Å². The van der Waals surface area contributed by atoms with Crippen LogP contribution in [-0.4, -0.2) is 58.0 Å². The zero-order valence-electron chi connectivity index (χ0n) is 19.9. The van der Waals surface area contributed by atoms with Crippen molar-refractivity contribution in [1.82, 2.24) is 14.8 Å². The first-order valence-corrected chi connectivity index (χ1v) is 11.8. The fraction of sp³-hybridized carbons (Fsp3) is 0.407. The second-order valence-electron chi connectivity index (χ2n) is 9.59. The maximum atomic E-state index is 12.3.